The molecule has 0 radical (unpaired) electrons. The Hall–Kier alpha value is -1.10. The smallest absolute Gasteiger partial charge is 0.246 e. The molecule has 2 amide bonds. The molecule has 118 valence electrons. The monoisotopic (exact) mass is 294 g/mol. The van der Waals surface area contributed by atoms with Gasteiger partial charge in [0.15, 0.2) is 0 Å². The van der Waals surface area contributed by atoms with Gasteiger partial charge in [-0.15, -0.1) is 0 Å². The third-order valence-corrected chi connectivity index (χ3v) is 5.18. The summed E-state index contributed by atoms with van der Waals surface area (Å²) in [6.45, 7) is 5.50. The van der Waals surface area contributed by atoms with Crippen LogP contribution in [0.15, 0.2) is 0 Å². The van der Waals surface area contributed by atoms with Crippen molar-refractivity contribution in [2.45, 2.75) is 76.6 Å². The lowest BCUT2D eigenvalue weighted by Crippen LogP contribution is -2.68. The molecule has 0 aliphatic carbocycles. The molecule has 0 bridgehead atoms. The van der Waals surface area contributed by atoms with Gasteiger partial charge in [-0.3, -0.25) is 9.59 Å². The van der Waals surface area contributed by atoms with Gasteiger partial charge in [0.25, 0.3) is 0 Å². The lowest BCUT2D eigenvalue weighted by molar-refractivity contribution is -0.169. The van der Waals surface area contributed by atoms with Gasteiger partial charge in [-0.1, -0.05) is 6.92 Å². The quantitative estimate of drug-likeness (QED) is 0.776. The molecule has 3 heterocycles. The maximum absolute atomic E-state index is 13.0. The summed E-state index contributed by atoms with van der Waals surface area (Å²) in [6, 6.07) is -0.298. The van der Waals surface area contributed by atoms with Crippen LogP contribution in [0.25, 0.3) is 0 Å². The second-order valence-corrected chi connectivity index (χ2v) is 6.57. The Morgan fingerprint density at radius 2 is 2.00 bits per heavy atom. The van der Waals surface area contributed by atoms with Crippen LogP contribution in [0.4, 0.5) is 0 Å². The first-order chi connectivity index (χ1) is 10.1. The Kier molecular flexibility index (Phi) is 4.20. The highest BCUT2D eigenvalue weighted by molar-refractivity contribution is 5.97. The third-order valence-electron chi connectivity index (χ3n) is 5.18. The molecule has 21 heavy (non-hydrogen) atoms. The van der Waals surface area contributed by atoms with Crippen molar-refractivity contribution in [2.75, 3.05) is 13.2 Å². The fraction of sp³-hybridized carbons (Fsp3) is 0.875. The van der Waals surface area contributed by atoms with Crippen LogP contribution in [0.1, 0.15) is 52.4 Å². The Morgan fingerprint density at radius 3 is 2.71 bits per heavy atom. The maximum Gasteiger partial charge on any atom is 0.246 e. The minimum absolute atomic E-state index is 0.166. The normalized spacial score (nSPS) is 37.6. The fourth-order valence-electron chi connectivity index (χ4n) is 4.12. The summed E-state index contributed by atoms with van der Waals surface area (Å²) >= 11 is 0. The molecule has 3 saturated heterocycles. The number of rotatable bonds is 2. The number of carbonyl (C=O) groups is 2. The first-order valence-electron chi connectivity index (χ1n) is 8.37. The van der Waals surface area contributed by atoms with Crippen molar-refractivity contribution in [3.05, 3.63) is 0 Å². The zero-order valence-corrected chi connectivity index (χ0v) is 13.1. The van der Waals surface area contributed by atoms with Crippen LogP contribution in [-0.2, 0) is 14.3 Å². The van der Waals surface area contributed by atoms with Crippen molar-refractivity contribution in [3.63, 3.8) is 0 Å². The minimum atomic E-state index is -0.262. The second-order valence-electron chi connectivity index (χ2n) is 6.57. The molecule has 0 aromatic heterocycles. The molecule has 4 atom stereocenters. The molecule has 0 N–H and O–H groups in total. The molecule has 5 heteroatoms. The van der Waals surface area contributed by atoms with E-state index in [1.807, 2.05) is 16.7 Å². The summed E-state index contributed by atoms with van der Waals surface area (Å²) < 4.78 is 5.60. The van der Waals surface area contributed by atoms with E-state index in [0.717, 1.165) is 38.6 Å². The van der Waals surface area contributed by atoms with Crippen LogP contribution in [-0.4, -0.2) is 59.0 Å². The standard InChI is InChI=1S/C16H26N2O3/c1-3-13-15(19)17-8-5-4-6-14(17)16(20)18(13)12-7-9-21-11(2)10-12/h11-14H,3-10H2,1-2H3. The molecule has 0 saturated carbocycles. The lowest BCUT2D eigenvalue weighted by atomic mass is 9.90. The molecule has 4 unspecified atom stereocenters. The highest BCUT2D eigenvalue weighted by Crippen LogP contribution is 2.32. The molecule has 3 aliphatic heterocycles. The number of hydrogen-bond donors (Lipinski definition) is 0. The van der Waals surface area contributed by atoms with Crippen molar-refractivity contribution in [2.24, 2.45) is 0 Å². The molecule has 0 aromatic rings. The van der Waals surface area contributed by atoms with Crippen LogP contribution >= 0.6 is 0 Å². The summed E-state index contributed by atoms with van der Waals surface area (Å²) in [5.74, 6) is 0.348. The van der Waals surface area contributed by atoms with Crippen LogP contribution in [0.5, 0.6) is 0 Å². The van der Waals surface area contributed by atoms with Gasteiger partial charge in [0.2, 0.25) is 11.8 Å². The lowest BCUT2D eigenvalue weighted by Gasteiger charge is -2.50. The number of carbonyl (C=O) groups excluding carboxylic acids is 2. The Labute approximate surface area is 126 Å². The third kappa shape index (κ3) is 2.56. The van der Waals surface area contributed by atoms with Crippen molar-refractivity contribution >= 4 is 11.8 Å². The molecular formula is C16H26N2O3. The van der Waals surface area contributed by atoms with E-state index in [-0.39, 0.29) is 36.0 Å². The fourth-order valence-corrected chi connectivity index (χ4v) is 4.12. The average molecular weight is 294 g/mol. The second kappa shape index (κ2) is 5.95. The number of fused-ring (bicyclic) bond motifs is 1. The topological polar surface area (TPSA) is 49.9 Å². The van der Waals surface area contributed by atoms with Gasteiger partial charge < -0.3 is 14.5 Å². The van der Waals surface area contributed by atoms with Crippen molar-refractivity contribution in [1.29, 1.82) is 0 Å². The summed E-state index contributed by atoms with van der Waals surface area (Å²) in [4.78, 5) is 29.5. The molecule has 0 spiro atoms. The van der Waals surface area contributed by atoms with E-state index >= 15 is 0 Å². The SMILES string of the molecule is CCC1C(=O)N2CCCCC2C(=O)N1C1CCOC(C)C1. The Balaban J connectivity index is 1.86. The number of piperazine rings is 1. The molecule has 5 nitrogen and oxygen atoms in total. The zero-order chi connectivity index (χ0) is 15.0. The zero-order valence-electron chi connectivity index (χ0n) is 13.1. The molecular weight excluding hydrogens is 268 g/mol. The average Bonchev–Trinajstić information content (AvgIpc) is 2.50. The summed E-state index contributed by atoms with van der Waals surface area (Å²) in [5, 5.41) is 0. The predicted octanol–water partition coefficient (Wildman–Crippen LogP) is 1.56. The van der Waals surface area contributed by atoms with Crippen LogP contribution in [0, 0.1) is 0 Å². The number of piperidine rings is 1. The van der Waals surface area contributed by atoms with E-state index in [4.69, 9.17) is 4.74 Å². The number of amides is 2. The van der Waals surface area contributed by atoms with Crippen molar-refractivity contribution in [3.8, 4) is 0 Å². The van der Waals surface area contributed by atoms with E-state index in [1.165, 1.54) is 0 Å². The van der Waals surface area contributed by atoms with Gasteiger partial charge in [0.05, 0.1) is 6.10 Å². The van der Waals surface area contributed by atoms with Gasteiger partial charge in [0.1, 0.15) is 12.1 Å². The number of hydrogen-bond acceptors (Lipinski definition) is 3. The Morgan fingerprint density at radius 1 is 1.19 bits per heavy atom. The van der Waals surface area contributed by atoms with Gasteiger partial charge in [-0.05, 0) is 45.4 Å². The van der Waals surface area contributed by atoms with E-state index in [9.17, 15) is 9.59 Å². The van der Waals surface area contributed by atoms with Crippen LogP contribution in [0.2, 0.25) is 0 Å². The largest absolute Gasteiger partial charge is 0.378 e. The van der Waals surface area contributed by atoms with Gasteiger partial charge >= 0.3 is 0 Å². The van der Waals surface area contributed by atoms with Gasteiger partial charge in [0, 0.05) is 19.2 Å². The van der Waals surface area contributed by atoms with E-state index < -0.39 is 0 Å². The predicted molar refractivity (Wildman–Crippen MR) is 78.7 cm³/mol. The minimum Gasteiger partial charge on any atom is -0.378 e. The maximum atomic E-state index is 13.0. The summed E-state index contributed by atoms with van der Waals surface area (Å²) in [7, 11) is 0. The summed E-state index contributed by atoms with van der Waals surface area (Å²) in [5.41, 5.74) is 0. The van der Waals surface area contributed by atoms with Crippen molar-refractivity contribution in [1.82, 2.24) is 9.80 Å². The van der Waals surface area contributed by atoms with Gasteiger partial charge in [-0.2, -0.15) is 0 Å². The van der Waals surface area contributed by atoms with Crippen LogP contribution in [0.3, 0.4) is 0 Å². The highest BCUT2D eigenvalue weighted by atomic mass is 16.5. The van der Waals surface area contributed by atoms with E-state index in [1.54, 1.807) is 0 Å². The van der Waals surface area contributed by atoms with E-state index in [0.29, 0.717) is 13.0 Å². The summed E-state index contributed by atoms with van der Waals surface area (Å²) in [6.07, 6.45) is 5.49. The molecule has 3 aliphatic rings. The number of nitrogens with zero attached hydrogens (tertiary/aromatic N) is 2. The molecule has 0 aromatic carbocycles. The van der Waals surface area contributed by atoms with Crippen molar-refractivity contribution < 1.29 is 14.3 Å². The number of ether oxygens (including phenoxy) is 1. The Bertz CT molecular complexity index is 426. The first kappa shape index (κ1) is 14.8. The molecule has 3 fully saturated rings. The highest BCUT2D eigenvalue weighted by Gasteiger charge is 2.48. The molecule has 3 rings (SSSR count). The van der Waals surface area contributed by atoms with Crippen LogP contribution < -0.4 is 0 Å². The first-order valence-corrected chi connectivity index (χ1v) is 8.37. The van der Waals surface area contributed by atoms with Gasteiger partial charge in [-0.25, -0.2) is 0 Å². The van der Waals surface area contributed by atoms with E-state index in [2.05, 4.69) is 6.92 Å².